The Morgan fingerprint density at radius 2 is 2.33 bits per heavy atom. The number of hydrogen-bond donors (Lipinski definition) is 0. The summed E-state index contributed by atoms with van der Waals surface area (Å²) in [5, 5.41) is 9.31. The maximum absolute atomic E-state index is 12.8. The highest BCUT2D eigenvalue weighted by Crippen LogP contribution is 2.30. The first-order valence-corrected chi connectivity index (χ1v) is 5.21. The molecule has 1 fully saturated rings. The Morgan fingerprint density at radius 3 is 3.00 bits per heavy atom. The van der Waals surface area contributed by atoms with Gasteiger partial charge >= 0.3 is 6.85 Å². The van der Waals surface area contributed by atoms with Gasteiger partial charge < -0.3 is 4.81 Å². The van der Waals surface area contributed by atoms with E-state index in [1.165, 1.54) is 12.1 Å². The summed E-state index contributed by atoms with van der Waals surface area (Å²) in [6, 6.07) is 4.28. The Balaban J connectivity index is 2.33. The topological polar surface area (TPSA) is 27.0 Å². The molecular formula is C10H9BClFN2. The predicted octanol–water partition coefficient (Wildman–Crippen LogP) is 2.74. The molecule has 1 aromatic rings. The second kappa shape index (κ2) is 4.12. The third-order valence-corrected chi connectivity index (χ3v) is 2.92. The number of hydrogen-bond acceptors (Lipinski definition) is 2. The van der Waals surface area contributed by atoms with Gasteiger partial charge in [-0.25, -0.2) is 9.65 Å². The van der Waals surface area contributed by atoms with Crippen LogP contribution >= 0.6 is 11.6 Å². The lowest BCUT2D eigenvalue weighted by Crippen LogP contribution is -2.32. The van der Waals surface area contributed by atoms with Crippen molar-refractivity contribution in [3.05, 3.63) is 29.0 Å². The zero-order valence-corrected chi connectivity index (χ0v) is 8.84. The van der Waals surface area contributed by atoms with Gasteiger partial charge in [0.05, 0.1) is 5.02 Å². The SMILES string of the molecule is N#CB1CCCN1c1ccc(F)cc1Cl. The average Bonchev–Trinajstić information content (AvgIpc) is 2.65. The van der Waals surface area contributed by atoms with Crippen molar-refractivity contribution in [2.75, 3.05) is 11.4 Å². The van der Waals surface area contributed by atoms with Crippen LogP contribution in [-0.4, -0.2) is 13.4 Å². The van der Waals surface area contributed by atoms with Gasteiger partial charge in [0.15, 0.2) is 0 Å². The molecule has 5 heteroatoms. The number of benzene rings is 1. The van der Waals surface area contributed by atoms with Crippen molar-refractivity contribution in [1.29, 1.82) is 5.26 Å². The Bertz CT molecular complexity index is 418. The number of nitrogens with zero attached hydrogens (tertiary/aromatic N) is 2. The second-order valence-electron chi connectivity index (χ2n) is 3.58. The molecule has 15 heavy (non-hydrogen) atoms. The molecule has 2 rings (SSSR count). The lowest BCUT2D eigenvalue weighted by molar-refractivity contribution is 0.628. The van der Waals surface area contributed by atoms with Crippen LogP contribution in [0.25, 0.3) is 0 Å². The number of nitriles is 1. The van der Waals surface area contributed by atoms with Crippen LogP contribution in [-0.2, 0) is 0 Å². The van der Waals surface area contributed by atoms with Crippen LogP contribution in [0.15, 0.2) is 18.2 Å². The molecule has 2 nitrogen and oxygen atoms in total. The summed E-state index contributed by atoms with van der Waals surface area (Å²) < 4.78 is 12.8. The number of rotatable bonds is 1. The fourth-order valence-corrected chi connectivity index (χ4v) is 2.18. The van der Waals surface area contributed by atoms with Gasteiger partial charge in [-0.3, -0.25) is 0 Å². The monoisotopic (exact) mass is 222 g/mol. The molecule has 0 aliphatic carbocycles. The highest BCUT2D eigenvalue weighted by molar-refractivity contribution is 6.71. The van der Waals surface area contributed by atoms with Gasteiger partial charge in [-0.05, 0) is 30.9 Å². The fourth-order valence-electron chi connectivity index (χ4n) is 1.90. The van der Waals surface area contributed by atoms with E-state index >= 15 is 0 Å². The van der Waals surface area contributed by atoms with E-state index in [9.17, 15) is 4.39 Å². The minimum absolute atomic E-state index is 0.132. The van der Waals surface area contributed by atoms with Gasteiger partial charge in [0.1, 0.15) is 5.82 Å². The smallest absolute Gasteiger partial charge is 0.378 e. The van der Waals surface area contributed by atoms with E-state index in [0.29, 0.717) is 5.02 Å². The number of halogens is 2. The van der Waals surface area contributed by atoms with Crippen molar-refractivity contribution >= 4 is 24.1 Å². The van der Waals surface area contributed by atoms with Crippen molar-refractivity contribution < 1.29 is 4.39 Å². The van der Waals surface area contributed by atoms with Crippen LogP contribution in [0.1, 0.15) is 6.42 Å². The third kappa shape index (κ3) is 1.93. The van der Waals surface area contributed by atoms with Crippen molar-refractivity contribution in [1.82, 2.24) is 0 Å². The van der Waals surface area contributed by atoms with Crippen molar-refractivity contribution in [2.45, 2.75) is 12.7 Å². The van der Waals surface area contributed by atoms with Gasteiger partial charge in [-0.1, -0.05) is 11.6 Å². The first-order chi connectivity index (χ1) is 7.22. The van der Waals surface area contributed by atoms with Crippen LogP contribution in [0, 0.1) is 17.0 Å². The molecule has 76 valence electrons. The second-order valence-corrected chi connectivity index (χ2v) is 3.98. The summed E-state index contributed by atoms with van der Waals surface area (Å²) in [5.41, 5.74) is 0.752. The van der Waals surface area contributed by atoms with Crippen LogP contribution in [0.3, 0.4) is 0 Å². The molecule has 1 heterocycles. The minimum Gasteiger partial charge on any atom is -0.401 e. The molecule has 0 amide bonds. The van der Waals surface area contributed by atoms with E-state index < -0.39 is 0 Å². The molecule has 1 saturated heterocycles. The molecule has 0 saturated carbocycles. The van der Waals surface area contributed by atoms with Crippen molar-refractivity contribution in [3.8, 4) is 5.97 Å². The van der Waals surface area contributed by atoms with Crippen LogP contribution in [0.2, 0.25) is 11.3 Å². The lowest BCUT2D eigenvalue weighted by atomic mass is 9.61. The van der Waals surface area contributed by atoms with Gasteiger partial charge in [-0.2, -0.15) is 0 Å². The number of anilines is 1. The van der Waals surface area contributed by atoms with E-state index in [-0.39, 0.29) is 12.7 Å². The molecule has 1 aliphatic heterocycles. The summed E-state index contributed by atoms with van der Waals surface area (Å²) in [7, 11) is 0. The van der Waals surface area contributed by atoms with Gasteiger partial charge in [0.25, 0.3) is 0 Å². The molecular weight excluding hydrogens is 213 g/mol. The highest BCUT2D eigenvalue weighted by atomic mass is 35.5. The van der Waals surface area contributed by atoms with Crippen molar-refractivity contribution in [3.63, 3.8) is 0 Å². The summed E-state index contributed by atoms with van der Waals surface area (Å²) in [4.78, 5) is 1.93. The summed E-state index contributed by atoms with van der Waals surface area (Å²) in [6.45, 7) is 0.678. The van der Waals surface area contributed by atoms with Gasteiger partial charge in [0.2, 0.25) is 0 Å². The van der Waals surface area contributed by atoms with E-state index in [1.54, 1.807) is 6.07 Å². The lowest BCUT2D eigenvalue weighted by Gasteiger charge is -2.21. The Hall–Kier alpha value is -1.21. The standard InChI is InChI=1S/C10H9BClFN2/c12-9-6-8(13)2-3-10(9)15-5-1-4-11(15)7-14/h2-3,6H,1,4-5H2. The summed E-state index contributed by atoms with van der Waals surface area (Å²) >= 11 is 5.94. The van der Waals surface area contributed by atoms with E-state index in [2.05, 4.69) is 5.97 Å². The van der Waals surface area contributed by atoms with Crippen molar-refractivity contribution in [2.24, 2.45) is 0 Å². The molecule has 0 radical (unpaired) electrons. The Kier molecular flexibility index (Phi) is 2.83. The van der Waals surface area contributed by atoms with Crippen LogP contribution in [0.4, 0.5) is 10.1 Å². The van der Waals surface area contributed by atoms with E-state index in [0.717, 1.165) is 25.0 Å². The quantitative estimate of drug-likeness (QED) is 0.683. The van der Waals surface area contributed by atoms with Crippen LogP contribution < -0.4 is 4.81 Å². The molecule has 0 bridgehead atoms. The normalized spacial score (nSPS) is 15.5. The largest absolute Gasteiger partial charge is 0.401 e. The molecule has 0 unspecified atom stereocenters. The van der Waals surface area contributed by atoms with E-state index in [1.807, 2.05) is 4.81 Å². The van der Waals surface area contributed by atoms with E-state index in [4.69, 9.17) is 16.9 Å². The maximum atomic E-state index is 12.8. The van der Waals surface area contributed by atoms with Gasteiger partial charge in [0, 0.05) is 18.2 Å². The summed E-state index contributed by atoms with van der Waals surface area (Å²) in [6.07, 6.45) is 1.83. The third-order valence-electron chi connectivity index (χ3n) is 2.62. The molecule has 0 N–H and O–H groups in total. The first-order valence-electron chi connectivity index (χ1n) is 4.83. The summed E-state index contributed by atoms with van der Waals surface area (Å²) in [5.74, 6) is 1.88. The molecule has 1 aromatic carbocycles. The first kappa shape index (κ1) is 10.3. The molecule has 0 aromatic heterocycles. The Morgan fingerprint density at radius 1 is 1.53 bits per heavy atom. The Labute approximate surface area is 93.4 Å². The highest BCUT2D eigenvalue weighted by Gasteiger charge is 2.30. The molecule has 1 aliphatic rings. The van der Waals surface area contributed by atoms with Crippen LogP contribution in [0.5, 0.6) is 0 Å². The average molecular weight is 222 g/mol. The minimum atomic E-state index is -0.351. The maximum Gasteiger partial charge on any atom is 0.378 e. The zero-order chi connectivity index (χ0) is 10.8. The van der Waals surface area contributed by atoms with Gasteiger partial charge in [-0.15, -0.1) is 0 Å². The predicted molar refractivity (Wildman–Crippen MR) is 59.5 cm³/mol. The molecule has 0 atom stereocenters. The fraction of sp³-hybridized carbons (Fsp3) is 0.300. The zero-order valence-electron chi connectivity index (χ0n) is 8.08. The molecule has 0 spiro atoms.